The van der Waals surface area contributed by atoms with E-state index in [1.54, 1.807) is 18.2 Å². The number of carbonyl (C=O) groups excluding carboxylic acids is 1. The number of hydrogen-bond donors (Lipinski definition) is 2. The number of rotatable bonds is 5. The zero-order valence-electron chi connectivity index (χ0n) is 18.3. The topological polar surface area (TPSA) is 83.7 Å². The van der Waals surface area contributed by atoms with Crippen molar-refractivity contribution in [2.24, 2.45) is 5.41 Å². The molecule has 2 aromatic rings. The number of aromatic nitrogens is 2. The van der Waals surface area contributed by atoms with Crippen molar-refractivity contribution in [2.45, 2.75) is 50.7 Å². The molecule has 5 rings (SSSR count). The first kappa shape index (κ1) is 22.4. The number of halogens is 1. The molecule has 1 amide bonds. The molecule has 0 radical (unpaired) electrons. The summed E-state index contributed by atoms with van der Waals surface area (Å²) in [6.07, 6.45) is 5.88. The maximum Gasteiger partial charge on any atom is 0.282 e. The molecule has 1 saturated carbocycles. The molecule has 0 atom stereocenters. The molecule has 0 unspecified atom stereocenters. The summed E-state index contributed by atoms with van der Waals surface area (Å²) in [4.78, 5) is 18.3. The van der Waals surface area contributed by atoms with Crippen molar-refractivity contribution >= 4 is 39.7 Å². The Morgan fingerprint density at radius 3 is 2.70 bits per heavy atom. The first-order valence-corrected chi connectivity index (χ1v) is 12.7. The largest absolute Gasteiger partial charge is 0.490 e. The second kappa shape index (κ2) is 9.45. The van der Waals surface area contributed by atoms with Gasteiger partial charge in [0, 0.05) is 24.5 Å². The number of benzene rings is 1. The molecule has 1 aromatic heterocycles. The first-order chi connectivity index (χ1) is 16.0. The lowest BCUT2D eigenvalue weighted by molar-refractivity contribution is 0.0893. The maximum absolute atomic E-state index is 12.7. The van der Waals surface area contributed by atoms with E-state index in [1.807, 2.05) is 0 Å². The van der Waals surface area contributed by atoms with Crippen LogP contribution in [0.3, 0.4) is 0 Å². The summed E-state index contributed by atoms with van der Waals surface area (Å²) in [5.74, 6) is 0.542. The van der Waals surface area contributed by atoms with Gasteiger partial charge >= 0.3 is 0 Å². The van der Waals surface area contributed by atoms with Gasteiger partial charge in [0.2, 0.25) is 15.8 Å². The van der Waals surface area contributed by atoms with E-state index in [4.69, 9.17) is 22.9 Å². The SMILES string of the molecule is [C-]#[N+]c1ccc(OC2CCC(NC(=O)c3nnc(N4CC5(CCNCC5)C4)s3)CC2)cc1Cl. The van der Waals surface area contributed by atoms with Crippen LogP contribution in [0.15, 0.2) is 18.2 Å². The standard InChI is InChI=1S/C23H27ClN6O2S/c1-25-19-7-6-17(12-18(19)24)32-16-4-2-15(3-5-16)27-20(31)21-28-29-22(33-21)30-13-23(14-30)8-10-26-11-9-23/h6-7,12,15-16,26H,2-5,8-11,13-14H2,(H,27,31). The van der Waals surface area contributed by atoms with E-state index in [9.17, 15) is 4.79 Å². The minimum Gasteiger partial charge on any atom is -0.490 e. The molecule has 1 aliphatic carbocycles. The Hall–Kier alpha value is -2.41. The quantitative estimate of drug-likeness (QED) is 0.620. The predicted octanol–water partition coefficient (Wildman–Crippen LogP) is 4.05. The van der Waals surface area contributed by atoms with Crippen molar-refractivity contribution in [1.82, 2.24) is 20.8 Å². The third-order valence-corrected chi connectivity index (χ3v) is 8.23. The van der Waals surface area contributed by atoms with E-state index in [1.165, 1.54) is 24.2 Å². The Bertz CT molecular complexity index is 1050. The number of amides is 1. The summed E-state index contributed by atoms with van der Waals surface area (Å²) in [5.41, 5.74) is 0.847. The highest BCUT2D eigenvalue weighted by molar-refractivity contribution is 7.17. The summed E-state index contributed by atoms with van der Waals surface area (Å²) in [7, 11) is 0. The number of ether oxygens (including phenoxy) is 1. The van der Waals surface area contributed by atoms with E-state index >= 15 is 0 Å². The fourth-order valence-electron chi connectivity index (χ4n) is 5.02. The van der Waals surface area contributed by atoms with Crippen LogP contribution in [0.4, 0.5) is 10.8 Å². The summed E-state index contributed by atoms with van der Waals surface area (Å²) in [5, 5.41) is 16.7. The highest BCUT2D eigenvalue weighted by Crippen LogP contribution is 2.41. The molecule has 10 heteroatoms. The molecule has 2 aliphatic heterocycles. The van der Waals surface area contributed by atoms with Crippen molar-refractivity contribution in [3.63, 3.8) is 0 Å². The monoisotopic (exact) mass is 486 g/mol. The summed E-state index contributed by atoms with van der Waals surface area (Å²) >= 11 is 7.49. The summed E-state index contributed by atoms with van der Waals surface area (Å²) in [6.45, 7) is 11.3. The fraction of sp³-hybridized carbons (Fsp3) is 0.565. The first-order valence-electron chi connectivity index (χ1n) is 11.5. The molecule has 3 fully saturated rings. The van der Waals surface area contributed by atoms with Crippen LogP contribution in [0, 0.1) is 12.0 Å². The van der Waals surface area contributed by atoms with Crippen molar-refractivity contribution in [1.29, 1.82) is 0 Å². The van der Waals surface area contributed by atoms with Crippen LogP contribution in [0.5, 0.6) is 5.75 Å². The van der Waals surface area contributed by atoms with Gasteiger partial charge in [-0.15, -0.1) is 10.2 Å². The van der Waals surface area contributed by atoms with Crippen LogP contribution in [-0.4, -0.2) is 54.4 Å². The smallest absolute Gasteiger partial charge is 0.282 e. The van der Waals surface area contributed by atoms with Gasteiger partial charge in [-0.2, -0.15) is 0 Å². The highest BCUT2D eigenvalue weighted by atomic mass is 35.5. The summed E-state index contributed by atoms with van der Waals surface area (Å²) in [6, 6.07) is 5.27. The van der Waals surface area contributed by atoms with Crippen LogP contribution in [0.2, 0.25) is 5.02 Å². The molecule has 33 heavy (non-hydrogen) atoms. The van der Waals surface area contributed by atoms with Gasteiger partial charge in [-0.1, -0.05) is 29.0 Å². The third-order valence-electron chi connectivity index (χ3n) is 6.95. The Morgan fingerprint density at radius 1 is 1.24 bits per heavy atom. The van der Waals surface area contributed by atoms with Gasteiger partial charge in [-0.05, 0) is 63.7 Å². The molecule has 1 aromatic carbocycles. The maximum atomic E-state index is 12.7. The molecular weight excluding hydrogens is 460 g/mol. The number of nitrogens with one attached hydrogen (secondary N) is 2. The van der Waals surface area contributed by atoms with Crippen molar-refractivity contribution in [3.05, 3.63) is 39.6 Å². The number of anilines is 1. The van der Waals surface area contributed by atoms with Crippen LogP contribution < -0.4 is 20.3 Å². The minimum atomic E-state index is -0.137. The Morgan fingerprint density at radius 2 is 2.00 bits per heavy atom. The second-order valence-electron chi connectivity index (χ2n) is 9.29. The fourth-order valence-corrected chi connectivity index (χ4v) is 5.98. The van der Waals surface area contributed by atoms with Crippen LogP contribution in [0.25, 0.3) is 4.85 Å². The Kier molecular flexibility index (Phi) is 6.41. The number of nitrogens with zero attached hydrogens (tertiary/aromatic N) is 4. The second-order valence-corrected chi connectivity index (χ2v) is 10.6. The van der Waals surface area contributed by atoms with Crippen molar-refractivity contribution in [3.8, 4) is 5.75 Å². The van der Waals surface area contributed by atoms with Crippen LogP contribution in [-0.2, 0) is 0 Å². The molecule has 0 bridgehead atoms. The van der Waals surface area contributed by atoms with Gasteiger partial charge in [-0.25, -0.2) is 4.85 Å². The van der Waals surface area contributed by atoms with Crippen molar-refractivity contribution < 1.29 is 9.53 Å². The molecule has 3 heterocycles. The van der Waals surface area contributed by atoms with Crippen LogP contribution in [0.1, 0.15) is 48.3 Å². The predicted molar refractivity (Wildman–Crippen MR) is 129 cm³/mol. The molecule has 174 valence electrons. The van der Waals surface area contributed by atoms with Crippen molar-refractivity contribution in [2.75, 3.05) is 31.1 Å². The van der Waals surface area contributed by atoms with Gasteiger partial charge in [-0.3, -0.25) is 4.79 Å². The van der Waals surface area contributed by atoms with E-state index in [0.717, 1.165) is 57.0 Å². The van der Waals surface area contributed by atoms with Gasteiger partial charge in [0.25, 0.3) is 5.91 Å². The zero-order chi connectivity index (χ0) is 22.8. The third kappa shape index (κ3) is 4.93. The summed E-state index contributed by atoms with van der Waals surface area (Å²) < 4.78 is 6.04. The van der Waals surface area contributed by atoms with E-state index in [0.29, 0.717) is 26.9 Å². The van der Waals surface area contributed by atoms with E-state index in [-0.39, 0.29) is 18.1 Å². The molecule has 2 N–H and O–H groups in total. The zero-order valence-corrected chi connectivity index (χ0v) is 19.9. The van der Waals surface area contributed by atoms with Gasteiger partial charge in [0.05, 0.1) is 17.7 Å². The number of hydrogen-bond acceptors (Lipinski definition) is 7. The minimum absolute atomic E-state index is 0.0786. The Labute approximate surface area is 202 Å². The molecule has 8 nitrogen and oxygen atoms in total. The number of carbonyl (C=O) groups is 1. The Balaban J connectivity index is 1.08. The van der Waals surface area contributed by atoms with Crippen LogP contribution >= 0.6 is 22.9 Å². The average Bonchev–Trinajstić information content (AvgIpc) is 3.29. The van der Waals surface area contributed by atoms with Gasteiger partial charge in [0.15, 0.2) is 0 Å². The van der Waals surface area contributed by atoms with E-state index < -0.39 is 0 Å². The molecular formula is C23H27ClN6O2S. The lowest BCUT2D eigenvalue weighted by atomic mass is 9.73. The molecule has 3 aliphatic rings. The lowest BCUT2D eigenvalue weighted by Crippen LogP contribution is -2.60. The van der Waals surface area contributed by atoms with E-state index in [2.05, 4.69) is 30.6 Å². The molecule has 1 spiro atoms. The average molecular weight is 487 g/mol. The molecule has 2 saturated heterocycles. The van der Waals surface area contributed by atoms with Gasteiger partial charge in [0.1, 0.15) is 5.75 Å². The number of piperidine rings is 1. The van der Waals surface area contributed by atoms with Gasteiger partial charge < -0.3 is 20.3 Å². The lowest BCUT2D eigenvalue weighted by Gasteiger charge is -2.52. The normalized spacial score (nSPS) is 24.1. The highest BCUT2D eigenvalue weighted by Gasteiger charge is 2.44.